The second-order valence-corrected chi connectivity index (χ2v) is 7.75. The molecule has 0 unspecified atom stereocenters. The van der Waals surface area contributed by atoms with Gasteiger partial charge in [0.1, 0.15) is 16.9 Å². The number of piperidine rings is 1. The summed E-state index contributed by atoms with van der Waals surface area (Å²) < 4.78 is 17.8. The van der Waals surface area contributed by atoms with Gasteiger partial charge >= 0.3 is 0 Å². The molecule has 1 aliphatic rings. The van der Waals surface area contributed by atoms with E-state index in [2.05, 4.69) is 10.3 Å². The molecule has 1 aliphatic heterocycles. The summed E-state index contributed by atoms with van der Waals surface area (Å²) in [5.41, 5.74) is 1.76. The van der Waals surface area contributed by atoms with Crippen molar-refractivity contribution in [2.24, 2.45) is 0 Å². The lowest BCUT2D eigenvalue weighted by Gasteiger charge is -2.40. The van der Waals surface area contributed by atoms with Crippen LogP contribution in [0.15, 0.2) is 47.1 Å². The summed E-state index contributed by atoms with van der Waals surface area (Å²) in [6.07, 6.45) is 1.14. The maximum atomic E-state index is 13.1. The summed E-state index contributed by atoms with van der Waals surface area (Å²) in [5.74, 6) is -0.590. The molecule has 0 bridgehead atoms. The fourth-order valence-electron chi connectivity index (χ4n) is 3.91. The van der Waals surface area contributed by atoms with Gasteiger partial charge in [-0.05, 0) is 65.6 Å². The zero-order valence-electron chi connectivity index (χ0n) is 16.2. The van der Waals surface area contributed by atoms with Crippen LogP contribution < -0.4 is 0 Å². The van der Waals surface area contributed by atoms with Crippen molar-refractivity contribution in [3.63, 3.8) is 0 Å². The minimum Gasteiger partial charge on any atom is -0.379 e. The first-order valence-corrected chi connectivity index (χ1v) is 9.59. The molecule has 29 heavy (non-hydrogen) atoms. The highest BCUT2D eigenvalue weighted by molar-refractivity contribution is 5.86. The maximum Gasteiger partial charge on any atom is 0.256 e. The molecule has 0 saturated carbocycles. The number of benzene rings is 2. The normalized spacial score (nSPS) is 20.0. The molecule has 1 amide bonds. The van der Waals surface area contributed by atoms with Gasteiger partial charge in [-0.3, -0.25) is 9.69 Å². The molecule has 7 nitrogen and oxygen atoms in total. The third-order valence-corrected chi connectivity index (χ3v) is 5.29. The Labute approximate surface area is 167 Å². The van der Waals surface area contributed by atoms with Crippen LogP contribution in [0.4, 0.5) is 4.39 Å². The van der Waals surface area contributed by atoms with Gasteiger partial charge in [0.05, 0.1) is 0 Å². The average Bonchev–Trinajstić information content (AvgIpc) is 3.15. The van der Waals surface area contributed by atoms with Crippen LogP contribution in [0.5, 0.6) is 0 Å². The number of rotatable bonds is 6. The lowest BCUT2D eigenvalue weighted by molar-refractivity contribution is -0.160. The van der Waals surface area contributed by atoms with E-state index in [4.69, 9.17) is 4.63 Å². The first-order chi connectivity index (χ1) is 13.9. The summed E-state index contributed by atoms with van der Waals surface area (Å²) in [6.45, 7) is 1.72. The minimum atomic E-state index is -1.44. The number of amides is 1. The quantitative estimate of drug-likeness (QED) is 0.686. The minimum absolute atomic E-state index is 0.223. The van der Waals surface area contributed by atoms with Crippen LogP contribution in [0, 0.1) is 5.82 Å². The fraction of sp³-hybridized carbons (Fsp3) is 0.381. The van der Waals surface area contributed by atoms with Gasteiger partial charge in [0.25, 0.3) is 5.91 Å². The molecule has 1 atom stereocenters. The summed E-state index contributed by atoms with van der Waals surface area (Å²) in [7, 11) is 1.87. The SMILES string of the molecule is CN(Cc1ccc2nonc2c1)C[C@@]1(O)CCCN(Cc2ccc(F)cc2)C1=O. The average molecular weight is 398 g/mol. The Morgan fingerprint density at radius 1 is 1.17 bits per heavy atom. The van der Waals surface area contributed by atoms with E-state index in [-0.39, 0.29) is 18.3 Å². The van der Waals surface area contributed by atoms with E-state index in [1.807, 2.05) is 30.1 Å². The van der Waals surface area contributed by atoms with Crippen molar-refractivity contribution in [3.8, 4) is 0 Å². The maximum absolute atomic E-state index is 13.1. The number of carbonyl (C=O) groups is 1. The van der Waals surface area contributed by atoms with Crippen molar-refractivity contribution < 1.29 is 18.9 Å². The molecule has 4 rings (SSSR count). The number of carbonyl (C=O) groups excluding carboxylic acids is 1. The predicted molar refractivity (Wildman–Crippen MR) is 104 cm³/mol. The van der Waals surface area contributed by atoms with Gasteiger partial charge in [-0.2, -0.15) is 0 Å². The topological polar surface area (TPSA) is 82.7 Å². The van der Waals surface area contributed by atoms with E-state index in [9.17, 15) is 14.3 Å². The number of likely N-dealkylation sites (tertiary alicyclic amines) is 1. The lowest BCUT2D eigenvalue weighted by atomic mass is 9.90. The summed E-state index contributed by atoms with van der Waals surface area (Å²) in [6, 6.07) is 11.7. The summed E-state index contributed by atoms with van der Waals surface area (Å²) >= 11 is 0. The number of halogens is 1. The van der Waals surface area contributed by atoms with Crippen LogP contribution >= 0.6 is 0 Å². The largest absolute Gasteiger partial charge is 0.379 e. The molecule has 1 aromatic heterocycles. The van der Waals surface area contributed by atoms with Gasteiger partial charge in [0, 0.05) is 26.2 Å². The van der Waals surface area contributed by atoms with Crippen molar-refractivity contribution in [2.75, 3.05) is 20.1 Å². The molecular formula is C21H23FN4O3. The van der Waals surface area contributed by atoms with Gasteiger partial charge in [0.2, 0.25) is 0 Å². The van der Waals surface area contributed by atoms with Crippen molar-refractivity contribution in [1.29, 1.82) is 0 Å². The van der Waals surface area contributed by atoms with E-state index < -0.39 is 5.60 Å². The Kier molecular flexibility index (Phi) is 5.29. The lowest BCUT2D eigenvalue weighted by Crippen LogP contribution is -2.57. The highest BCUT2D eigenvalue weighted by Crippen LogP contribution is 2.26. The summed E-state index contributed by atoms with van der Waals surface area (Å²) in [5, 5.41) is 18.7. The van der Waals surface area contributed by atoms with Gasteiger partial charge in [-0.25, -0.2) is 9.02 Å². The van der Waals surface area contributed by atoms with Crippen LogP contribution in [0.2, 0.25) is 0 Å². The Morgan fingerprint density at radius 3 is 2.69 bits per heavy atom. The number of aromatic nitrogens is 2. The third-order valence-electron chi connectivity index (χ3n) is 5.29. The van der Waals surface area contributed by atoms with Crippen LogP contribution in [0.3, 0.4) is 0 Å². The monoisotopic (exact) mass is 398 g/mol. The zero-order chi connectivity index (χ0) is 20.4. The second kappa shape index (κ2) is 7.88. The van der Waals surface area contributed by atoms with Crippen LogP contribution in [0.25, 0.3) is 11.0 Å². The van der Waals surface area contributed by atoms with E-state index in [1.165, 1.54) is 12.1 Å². The number of hydrogen-bond donors (Lipinski definition) is 1. The molecule has 2 aromatic carbocycles. The Bertz CT molecular complexity index is 1010. The molecule has 1 saturated heterocycles. The second-order valence-electron chi connectivity index (χ2n) is 7.75. The predicted octanol–water partition coefficient (Wildman–Crippen LogP) is 2.35. The van der Waals surface area contributed by atoms with Gasteiger partial charge in [-0.1, -0.05) is 18.2 Å². The molecule has 3 aromatic rings. The fourth-order valence-corrected chi connectivity index (χ4v) is 3.91. The first-order valence-electron chi connectivity index (χ1n) is 9.59. The van der Waals surface area contributed by atoms with Crippen molar-refractivity contribution >= 4 is 16.9 Å². The Balaban J connectivity index is 1.41. The van der Waals surface area contributed by atoms with E-state index in [0.717, 1.165) is 11.1 Å². The third kappa shape index (κ3) is 4.28. The Morgan fingerprint density at radius 2 is 1.90 bits per heavy atom. The molecule has 1 fully saturated rings. The molecule has 1 N–H and O–H groups in total. The van der Waals surface area contributed by atoms with Gasteiger partial charge in [0.15, 0.2) is 5.60 Å². The first kappa shape index (κ1) is 19.5. The highest BCUT2D eigenvalue weighted by atomic mass is 19.1. The van der Waals surface area contributed by atoms with Crippen molar-refractivity contribution in [1.82, 2.24) is 20.1 Å². The van der Waals surface area contributed by atoms with Crippen LogP contribution in [0.1, 0.15) is 24.0 Å². The van der Waals surface area contributed by atoms with E-state index in [1.54, 1.807) is 17.0 Å². The molecule has 0 aliphatic carbocycles. The van der Waals surface area contributed by atoms with Gasteiger partial charge in [-0.15, -0.1) is 0 Å². The number of nitrogens with zero attached hydrogens (tertiary/aromatic N) is 4. The number of aliphatic hydroxyl groups is 1. The standard InChI is InChI=1S/C21H23FN4O3/c1-25(12-16-5-8-18-19(11-16)24-29-23-18)14-21(28)9-2-10-26(20(21)27)13-15-3-6-17(22)7-4-15/h3-8,11,28H,2,9-10,12-14H2,1H3/t21-/m0/s1. The zero-order valence-corrected chi connectivity index (χ0v) is 16.2. The smallest absolute Gasteiger partial charge is 0.256 e. The number of hydrogen-bond acceptors (Lipinski definition) is 6. The molecule has 152 valence electrons. The van der Waals surface area contributed by atoms with E-state index >= 15 is 0 Å². The molecule has 8 heteroatoms. The van der Waals surface area contributed by atoms with Crippen molar-refractivity contribution in [3.05, 3.63) is 59.4 Å². The highest BCUT2D eigenvalue weighted by Gasteiger charge is 2.42. The molecule has 0 spiro atoms. The molecular weight excluding hydrogens is 375 g/mol. The Hall–Kier alpha value is -2.84. The number of likely N-dealkylation sites (N-methyl/N-ethyl adjacent to an activating group) is 1. The number of fused-ring (bicyclic) bond motifs is 1. The molecule has 0 radical (unpaired) electrons. The van der Waals surface area contributed by atoms with Crippen molar-refractivity contribution in [2.45, 2.75) is 31.5 Å². The van der Waals surface area contributed by atoms with Crippen LogP contribution in [-0.2, 0) is 17.9 Å². The van der Waals surface area contributed by atoms with Gasteiger partial charge < -0.3 is 10.0 Å². The van der Waals surface area contributed by atoms with Crippen LogP contribution in [-0.4, -0.2) is 56.9 Å². The molecule has 2 heterocycles. The van der Waals surface area contributed by atoms with E-state index in [0.29, 0.717) is 43.5 Å². The summed E-state index contributed by atoms with van der Waals surface area (Å²) in [4.78, 5) is 16.6.